The molecule has 0 saturated heterocycles. The third-order valence-corrected chi connectivity index (χ3v) is 3.07. The number of nitrogens with two attached hydrogens (primary N) is 1. The van der Waals surface area contributed by atoms with Gasteiger partial charge in [-0.25, -0.2) is 15.2 Å². The van der Waals surface area contributed by atoms with Gasteiger partial charge in [-0.1, -0.05) is 18.2 Å². The number of ether oxygens (including phenoxy) is 2. The van der Waals surface area contributed by atoms with Crippen molar-refractivity contribution in [2.45, 2.75) is 0 Å². The Labute approximate surface area is 133 Å². The molecule has 0 aliphatic rings. The Bertz CT molecular complexity index is 704. The lowest BCUT2D eigenvalue weighted by Crippen LogP contribution is -2.48. The van der Waals surface area contributed by atoms with Crippen LogP contribution in [0.3, 0.4) is 0 Å². The van der Waals surface area contributed by atoms with E-state index in [0.29, 0.717) is 22.7 Å². The summed E-state index contributed by atoms with van der Waals surface area (Å²) >= 11 is 0. The summed E-state index contributed by atoms with van der Waals surface area (Å²) in [7, 11) is 2.98. The van der Waals surface area contributed by atoms with Gasteiger partial charge in [-0.15, -0.1) is 0 Å². The molecule has 0 radical (unpaired) electrons. The molecule has 7 heteroatoms. The van der Waals surface area contributed by atoms with Crippen molar-refractivity contribution in [3.8, 4) is 11.5 Å². The van der Waals surface area contributed by atoms with Crippen molar-refractivity contribution in [2.75, 3.05) is 19.2 Å². The number of hydrogen-bond donors (Lipinski definition) is 2. The van der Waals surface area contributed by atoms with Crippen molar-refractivity contribution in [3.05, 3.63) is 54.1 Å². The Balaban J connectivity index is 2.39. The maximum absolute atomic E-state index is 12.7. The standard InChI is InChI=1S/C16H17N3O4/c1-22-13-9-8-11(10-14(13)23-2)15(20)19(18-16(17)21)12-6-4-3-5-7-12/h3-10H,1-2H3,(H3,17,18,21). The van der Waals surface area contributed by atoms with Crippen LogP contribution in [0.2, 0.25) is 0 Å². The zero-order valence-corrected chi connectivity index (χ0v) is 12.8. The van der Waals surface area contributed by atoms with Crippen LogP contribution >= 0.6 is 0 Å². The summed E-state index contributed by atoms with van der Waals surface area (Å²) in [5.74, 6) is 0.444. The molecule has 0 heterocycles. The Morgan fingerprint density at radius 3 is 2.22 bits per heavy atom. The Morgan fingerprint density at radius 1 is 1.00 bits per heavy atom. The first-order chi connectivity index (χ1) is 11.1. The first-order valence-electron chi connectivity index (χ1n) is 6.74. The Morgan fingerprint density at radius 2 is 1.65 bits per heavy atom. The molecule has 2 rings (SSSR count). The highest BCUT2D eigenvalue weighted by atomic mass is 16.5. The molecule has 0 atom stereocenters. The zero-order valence-electron chi connectivity index (χ0n) is 12.8. The molecule has 0 aliphatic carbocycles. The number of carbonyl (C=O) groups excluding carboxylic acids is 2. The summed E-state index contributed by atoms with van der Waals surface area (Å²) in [6.45, 7) is 0. The number of nitrogens with zero attached hydrogens (tertiary/aromatic N) is 1. The average molecular weight is 315 g/mol. The van der Waals surface area contributed by atoms with Gasteiger partial charge >= 0.3 is 6.03 Å². The van der Waals surface area contributed by atoms with E-state index >= 15 is 0 Å². The Kier molecular flexibility index (Phi) is 5.03. The number of methoxy groups -OCH3 is 2. The monoisotopic (exact) mass is 315 g/mol. The summed E-state index contributed by atoms with van der Waals surface area (Å²) in [5.41, 5.74) is 8.25. The van der Waals surface area contributed by atoms with E-state index in [1.54, 1.807) is 42.5 Å². The fourth-order valence-corrected chi connectivity index (χ4v) is 2.02. The molecule has 0 spiro atoms. The molecule has 7 nitrogen and oxygen atoms in total. The fraction of sp³-hybridized carbons (Fsp3) is 0.125. The summed E-state index contributed by atoms with van der Waals surface area (Å²) in [5, 5.41) is 1.07. The average Bonchev–Trinajstić information content (AvgIpc) is 2.59. The van der Waals surface area contributed by atoms with Gasteiger partial charge in [-0.2, -0.15) is 0 Å². The molecule has 3 N–H and O–H groups in total. The van der Waals surface area contributed by atoms with Crippen LogP contribution in [0.4, 0.5) is 10.5 Å². The van der Waals surface area contributed by atoms with Gasteiger partial charge in [0.25, 0.3) is 5.91 Å². The van der Waals surface area contributed by atoms with Crippen molar-refractivity contribution in [1.82, 2.24) is 5.43 Å². The van der Waals surface area contributed by atoms with Crippen molar-refractivity contribution in [2.24, 2.45) is 5.73 Å². The first kappa shape index (κ1) is 16.2. The number of nitrogens with one attached hydrogen (secondary N) is 1. The number of primary amides is 1. The predicted octanol–water partition coefficient (Wildman–Crippen LogP) is 1.93. The van der Waals surface area contributed by atoms with E-state index in [9.17, 15) is 9.59 Å². The molecular formula is C16H17N3O4. The van der Waals surface area contributed by atoms with Gasteiger partial charge in [0.15, 0.2) is 11.5 Å². The molecule has 3 amide bonds. The predicted molar refractivity (Wildman–Crippen MR) is 85.5 cm³/mol. The maximum Gasteiger partial charge on any atom is 0.331 e. The van der Waals surface area contributed by atoms with Gasteiger partial charge in [0.1, 0.15) is 0 Å². The van der Waals surface area contributed by atoms with Gasteiger partial charge in [-0.3, -0.25) is 4.79 Å². The number of benzene rings is 2. The summed E-state index contributed by atoms with van der Waals surface area (Å²) < 4.78 is 10.3. The molecule has 0 bridgehead atoms. The number of amides is 3. The number of anilines is 1. The lowest BCUT2D eigenvalue weighted by molar-refractivity contribution is 0.0976. The normalized spacial score (nSPS) is 9.83. The topological polar surface area (TPSA) is 93.9 Å². The highest BCUT2D eigenvalue weighted by Gasteiger charge is 2.20. The van der Waals surface area contributed by atoms with Gasteiger partial charge in [-0.05, 0) is 30.3 Å². The largest absolute Gasteiger partial charge is 0.493 e. The second-order valence-corrected chi connectivity index (χ2v) is 4.52. The van der Waals surface area contributed by atoms with Crippen LogP contribution in [0, 0.1) is 0 Å². The van der Waals surface area contributed by atoms with E-state index in [1.165, 1.54) is 20.3 Å². The number of carbonyl (C=O) groups is 2. The zero-order chi connectivity index (χ0) is 16.8. The van der Waals surface area contributed by atoms with Gasteiger partial charge < -0.3 is 15.2 Å². The molecule has 2 aromatic rings. The number of para-hydroxylation sites is 1. The van der Waals surface area contributed by atoms with Crippen LogP contribution < -0.4 is 25.6 Å². The van der Waals surface area contributed by atoms with E-state index < -0.39 is 11.9 Å². The summed E-state index contributed by atoms with van der Waals surface area (Å²) in [6, 6.07) is 12.5. The summed E-state index contributed by atoms with van der Waals surface area (Å²) in [6.07, 6.45) is 0. The van der Waals surface area contributed by atoms with E-state index in [4.69, 9.17) is 15.2 Å². The van der Waals surface area contributed by atoms with Gasteiger partial charge in [0.05, 0.1) is 19.9 Å². The number of hydrogen-bond acceptors (Lipinski definition) is 4. The van der Waals surface area contributed by atoms with Gasteiger partial charge in [0.2, 0.25) is 0 Å². The van der Waals surface area contributed by atoms with Crippen molar-refractivity contribution in [3.63, 3.8) is 0 Å². The van der Waals surface area contributed by atoms with Crippen LogP contribution in [-0.2, 0) is 0 Å². The number of rotatable bonds is 4. The second-order valence-electron chi connectivity index (χ2n) is 4.52. The molecule has 120 valence electrons. The van der Waals surface area contributed by atoms with Crippen LogP contribution in [0.25, 0.3) is 0 Å². The molecule has 0 fully saturated rings. The molecule has 23 heavy (non-hydrogen) atoms. The van der Waals surface area contributed by atoms with Crippen molar-refractivity contribution >= 4 is 17.6 Å². The number of hydrazine groups is 1. The molecule has 2 aromatic carbocycles. The quantitative estimate of drug-likeness (QED) is 0.843. The van der Waals surface area contributed by atoms with Crippen LogP contribution in [0.1, 0.15) is 10.4 Å². The van der Waals surface area contributed by atoms with E-state index in [1.807, 2.05) is 0 Å². The third kappa shape index (κ3) is 3.70. The minimum absolute atomic E-state index is 0.306. The molecule has 0 saturated carbocycles. The van der Waals surface area contributed by atoms with E-state index in [0.717, 1.165) is 5.01 Å². The molecular weight excluding hydrogens is 298 g/mol. The second kappa shape index (κ2) is 7.17. The van der Waals surface area contributed by atoms with Crippen LogP contribution in [0.5, 0.6) is 11.5 Å². The van der Waals surface area contributed by atoms with Crippen LogP contribution in [0.15, 0.2) is 48.5 Å². The number of urea groups is 1. The highest BCUT2D eigenvalue weighted by Crippen LogP contribution is 2.28. The fourth-order valence-electron chi connectivity index (χ4n) is 2.02. The van der Waals surface area contributed by atoms with Crippen molar-refractivity contribution in [1.29, 1.82) is 0 Å². The minimum atomic E-state index is -0.845. The van der Waals surface area contributed by atoms with E-state index in [-0.39, 0.29) is 0 Å². The molecule has 0 unspecified atom stereocenters. The van der Waals surface area contributed by atoms with Crippen molar-refractivity contribution < 1.29 is 19.1 Å². The van der Waals surface area contributed by atoms with Crippen LogP contribution in [-0.4, -0.2) is 26.2 Å². The third-order valence-electron chi connectivity index (χ3n) is 3.07. The highest BCUT2D eigenvalue weighted by molar-refractivity contribution is 6.07. The minimum Gasteiger partial charge on any atom is -0.493 e. The van der Waals surface area contributed by atoms with Gasteiger partial charge in [0, 0.05) is 5.56 Å². The molecule has 0 aliphatic heterocycles. The first-order valence-corrected chi connectivity index (χ1v) is 6.74. The smallest absolute Gasteiger partial charge is 0.331 e. The lowest BCUT2D eigenvalue weighted by atomic mass is 10.1. The van der Waals surface area contributed by atoms with E-state index in [2.05, 4.69) is 5.43 Å². The SMILES string of the molecule is COc1ccc(C(=O)N(NC(N)=O)c2ccccc2)cc1OC. The summed E-state index contributed by atoms with van der Waals surface area (Å²) in [4.78, 5) is 23.9. The Hall–Kier alpha value is -3.22. The lowest BCUT2D eigenvalue weighted by Gasteiger charge is -2.22. The maximum atomic E-state index is 12.7. The molecule has 0 aromatic heterocycles.